The van der Waals surface area contributed by atoms with Crippen LogP contribution < -0.4 is 5.69 Å². The predicted octanol–water partition coefficient (Wildman–Crippen LogP) is 1.07. The summed E-state index contributed by atoms with van der Waals surface area (Å²) in [6, 6.07) is 0.714. The van der Waals surface area contributed by atoms with Crippen molar-refractivity contribution in [2.75, 3.05) is 26.2 Å². The van der Waals surface area contributed by atoms with Crippen LogP contribution in [0.5, 0.6) is 0 Å². The van der Waals surface area contributed by atoms with Gasteiger partial charge in [-0.25, -0.2) is 9.89 Å². The normalized spacial score (nSPS) is 27.2. The maximum atomic E-state index is 12.8. The number of likely N-dealkylation sites (tertiary alicyclic amines) is 2. The summed E-state index contributed by atoms with van der Waals surface area (Å²) in [6.45, 7) is 3.39. The van der Waals surface area contributed by atoms with E-state index < -0.39 is 0 Å². The number of H-pyrrole nitrogens is 2. The average molecular weight is 333 g/mol. The molecule has 1 aromatic rings. The lowest BCUT2D eigenvalue weighted by atomic mass is 9.88. The molecule has 2 N–H and O–H groups in total. The Hall–Kier alpha value is -1.63. The van der Waals surface area contributed by atoms with E-state index in [2.05, 4.69) is 20.1 Å². The van der Waals surface area contributed by atoms with Crippen LogP contribution in [0, 0.1) is 5.92 Å². The van der Waals surface area contributed by atoms with Gasteiger partial charge in [-0.05, 0) is 25.7 Å². The van der Waals surface area contributed by atoms with Crippen molar-refractivity contribution in [3.63, 3.8) is 0 Å². The van der Waals surface area contributed by atoms with Crippen LogP contribution in [0.1, 0.15) is 56.7 Å². The zero-order chi connectivity index (χ0) is 16.5. The summed E-state index contributed by atoms with van der Waals surface area (Å²) < 4.78 is 0. The van der Waals surface area contributed by atoms with Gasteiger partial charge in [0.15, 0.2) is 0 Å². The SMILES string of the molecule is O=C(C1CN(C2CCCCC2)C1)N1CCCC(c2n[nH]c(=O)[nH]2)C1. The van der Waals surface area contributed by atoms with Crippen LogP contribution in [0.4, 0.5) is 0 Å². The van der Waals surface area contributed by atoms with Crippen molar-refractivity contribution in [1.29, 1.82) is 0 Å². The number of nitrogens with zero attached hydrogens (tertiary/aromatic N) is 3. The van der Waals surface area contributed by atoms with E-state index in [1.165, 1.54) is 32.1 Å². The molecule has 7 heteroatoms. The summed E-state index contributed by atoms with van der Waals surface area (Å²) in [5.41, 5.74) is -0.268. The molecule has 4 rings (SSSR count). The van der Waals surface area contributed by atoms with E-state index in [1.54, 1.807) is 0 Å². The number of amides is 1. The third kappa shape index (κ3) is 3.14. The van der Waals surface area contributed by atoms with Crippen molar-refractivity contribution in [3.05, 3.63) is 16.3 Å². The number of aromatic nitrogens is 3. The second-order valence-electron chi connectivity index (χ2n) is 7.63. The third-order valence-electron chi connectivity index (χ3n) is 5.99. The molecule has 0 bridgehead atoms. The van der Waals surface area contributed by atoms with Crippen LogP contribution in [-0.2, 0) is 4.79 Å². The zero-order valence-corrected chi connectivity index (χ0v) is 14.2. The Labute approximate surface area is 141 Å². The molecular weight excluding hydrogens is 306 g/mol. The third-order valence-corrected chi connectivity index (χ3v) is 5.99. The average Bonchev–Trinajstić information content (AvgIpc) is 3.01. The summed E-state index contributed by atoms with van der Waals surface area (Å²) in [6.07, 6.45) is 8.62. The summed E-state index contributed by atoms with van der Waals surface area (Å²) in [7, 11) is 0. The minimum absolute atomic E-state index is 0.149. The zero-order valence-electron chi connectivity index (χ0n) is 14.2. The van der Waals surface area contributed by atoms with Gasteiger partial charge in [-0.2, -0.15) is 5.10 Å². The van der Waals surface area contributed by atoms with E-state index in [0.29, 0.717) is 24.3 Å². The second-order valence-corrected chi connectivity index (χ2v) is 7.63. The molecule has 3 fully saturated rings. The number of piperidine rings is 1. The van der Waals surface area contributed by atoms with Gasteiger partial charge < -0.3 is 4.90 Å². The van der Waals surface area contributed by atoms with Gasteiger partial charge in [0, 0.05) is 38.1 Å². The van der Waals surface area contributed by atoms with E-state index >= 15 is 0 Å². The number of nitrogens with one attached hydrogen (secondary N) is 2. The van der Waals surface area contributed by atoms with Crippen LogP contribution in [-0.4, -0.2) is 63.1 Å². The number of rotatable bonds is 3. The Morgan fingerprint density at radius 3 is 2.54 bits per heavy atom. The number of carbonyl (C=O) groups is 1. The highest BCUT2D eigenvalue weighted by molar-refractivity contribution is 5.80. The quantitative estimate of drug-likeness (QED) is 0.866. The van der Waals surface area contributed by atoms with Crippen LogP contribution in [0.15, 0.2) is 4.79 Å². The Morgan fingerprint density at radius 1 is 1.04 bits per heavy atom. The molecule has 1 amide bonds. The van der Waals surface area contributed by atoms with Gasteiger partial charge in [0.2, 0.25) is 5.91 Å². The Balaban J connectivity index is 1.31. The van der Waals surface area contributed by atoms with E-state index in [-0.39, 0.29) is 17.5 Å². The molecule has 1 atom stereocenters. The van der Waals surface area contributed by atoms with Gasteiger partial charge in [-0.1, -0.05) is 19.3 Å². The minimum atomic E-state index is -0.268. The fourth-order valence-electron chi connectivity index (χ4n) is 4.55. The monoisotopic (exact) mass is 333 g/mol. The molecule has 1 unspecified atom stereocenters. The fraction of sp³-hybridized carbons (Fsp3) is 0.824. The maximum absolute atomic E-state index is 12.8. The van der Waals surface area contributed by atoms with Crippen LogP contribution in [0.25, 0.3) is 0 Å². The first-order valence-corrected chi connectivity index (χ1v) is 9.38. The topological polar surface area (TPSA) is 85.1 Å². The van der Waals surface area contributed by atoms with E-state index in [9.17, 15) is 9.59 Å². The molecule has 3 heterocycles. The van der Waals surface area contributed by atoms with Crippen molar-refractivity contribution in [3.8, 4) is 0 Å². The molecule has 2 aliphatic heterocycles. The Bertz CT molecular complexity index is 627. The highest BCUT2D eigenvalue weighted by Crippen LogP contribution is 2.31. The lowest BCUT2D eigenvalue weighted by Gasteiger charge is -2.47. The molecule has 24 heavy (non-hydrogen) atoms. The molecular formula is C17H27N5O2. The molecule has 0 aromatic carbocycles. The minimum Gasteiger partial charge on any atom is -0.342 e. The number of aromatic amines is 2. The van der Waals surface area contributed by atoms with E-state index in [0.717, 1.165) is 32.5 Å². The Kier molecular flexibility index (Phi) is 4.43. The second kappa shape index (κ2) is 6.70. The van der Waals surface area contributed by atoms with E-state index in [1.807, 2.05) is 4.90 Å². The highest BCUT2D eigenvalue weighted by Gasteiger charge is 2.40. The van der Waals surface area contributed by atoms with Crippen LogP contribution in [0.3, 0.4) is 0 Å². The molecule has 1 aromatic heterocycles. The van der Waals surface area contributed by atoms with Crippen LogP contribution >= 0.6 is 0 Å². The van der Waals surface area contributed by atoms with Crippen molar-refractivity contribution in [1.82, 2.24) is 25.0 Å². The summed E-state index contributed by atoms with van der Waals surface area (Å²) in [5.74, 6) is 1.31. The van der Waals surface area contributed by atoms with Gasteiger partial charge in [0.1, 0.15) is 5.82 Å². The number of carbonyl (C=O) groups excluding carboxylic acids is 1. The van der Waals surface area contributed by atoms with E-state index in [4.69, 9.17) is 0 Å². The predicted molar refractivity (Wildman–Crippen MR) is 89.7 cm³/mol. The standard InChI is InChI=1S/C17H27N5O2/c23-16(13-10-22(11-13)14-6-2-1-3-7-14)21-8-4-5-12(9-21)15-18-17(24)20-19-15/h12-14H,1-11H2,(H2,18,19,20,24). The highest BCUT2D eigenvalue weighted by atomic mass is 16.2. The molecule has 1 saturated carbocycles. The van der Waals surface area contributed by atoms with Crippen molar-refractivity contribution in [2.24, 2.45) is 5.92 Å². The number of hydrogen-bond donors (Lipinski definition) is 2. The molecule has 3 aliphatic rings. The molecule has 1 aliphatic carbocycles. The molecule has 0 radical (unpaired) electrons. The fourth-order valence-corrected chi connectivity index (χ4v) is 4.55. The van der Waals surface area contributed by atoms with Gasteiger partial charge in [-0.3, -0.25) is 14.7 Å². The lowest BCUT2D eigenvalue weighted by molar-refractivity contribution is -0.143. The smallest absolute Gasteiger partial charge is 0.340 e. The first-order chi connectivity index (χ1) is 11.7. The lowest BCUT2D eigenvalue weighted by Crippen LogP contribution is -2.58. The molecule has 7 nitrogen and oxygen atoms in total. The van der Waals surface area contributed by atoms with Crippen molar-refractivity contribution < 1.29 is 4.79 Å². The largest absolute Gasteiger partial charge is 0.342 e. The van der Waals surface area contributed by atoms with Crippen molar-refractivity contribution in [2.45, 2.75) is 56.9 Å². The summed E-state index contributed by atoms with van der Waals surface area (Å²) in [5, 5.41) is 6.47. The van der Waals surface area contributed by atoms with Gasteiger partial charge in [0.05, 0.1) is 5.92 Å². The molecule has 132 valence electrons. The first kappa shape index (κ1) is 15.9. The van der Waals surface area contributed by atoms with Gasteiger partial charge in [0.25, 0.3) is 0 Å². The maximum Gasteiger partial charge on any atom is 0.340 e. The van der Waals surface area contributed by atoms with Gasteiger partial charge in [-0.15, -0.1) is 0 Å². The summed E-state index contributed by atoms with van der Waals surface area (Å²) in [4.78, 5) is 31.3. The molecule has 2 saturated heterocycles. The summed E-state index contributed by atoms with van der Waals surface area (Å²) >= 11 is 0. The molecule has 0 spiro atoms. The van der Waals surface area contributed by atoms with Crippen LogP contribution in [0.2, 0.25) is 0 Å². The first-order valence-electron chi connectivity index (χ1n) is 9.38. The van der Waals surface area contributed by atoms with Gasteiger partial charge >= 0.3 is 5.69 Å². The Morgan fingerprint density at radius 2 is 1.83 bits per heavy atom. The van der Waals surface area contributed by atoms with Crippen molar-refractivity contribution >= 4 is 5.91 Å². The number of hydrogen-bond acceptors (Lipinski definition) is 4.